The minimum atomic E-state index is 0.217. The van der Waals surface area contributed by atoms with E-state index in [9.17, 15) is 0 Å². The minimum Gasteiger partial charge on any atom is -0.350 e. The maximum absolute atomic E-state index is 2.41. The van der Waals surface area contributed by atoms with Crippen LogP contribution in [0.4, 0.5) is 0 Å². The molecule has 1 atom stereocenters. The lowest BCUT2D eigenvalue weighted by molar-refractivity contribution is 0.447. The molecule has 0 spiro atoms. The molecule has 1 aromatic heterocycles. The maximum atomic E-state index is 2.41. The fraction of sp³-hybridized carbons (Fsp3) is 0.273. The quantitative estimate of drug-likeness (QED) is 0.582. The van der Waals surface area contributed by atoms with Crippen LogP contribution in [0.3, 0.4) is 0 Å². The highest BCUT2D eigenvalue weighted by Crippen LogP contribution is 2.48. The zero-order chi connectivity index (χ0) is 16.0. The first-order valence-electron chi connectivity index (χ1n) is 8.47. The Morgan fingerprint density at radius 2 is 1.65 bits per heavy atom. The van der Waals surface area contributed by atoms with Crippen LogP contribution in [0.1, 0.15) is 31.4 Å². The molecule has 0 amide bonds. The monoisotopic (exact) mass is 301 g/mol. The maximum Gasteiger partial charge on any atom is 0.0519 e. The first kappa shape index (κ1) is 14.3. The molecule has 0 fully saturated rings. The predicted octanol–water partition coefficient (Wildman–Crippen LogP) is 5.58. The molecule has 0 bridgehead atoms. The van der Waals surface area contributed by atoms with Crippen LogP contribution in [-0.2, 0) is 18.9 Å². The first-order valence-corrected chi connectivity index (χ1v) is 8.47. The van der Waals surface area contributed by atoms with E-state index in [0.29, 0.717) is 0 Å². The third-order valence-corrected chi connectivity index (χ3v) is 5.55. The number of benzene rings is 2. The topological polar surface area (TPSA) is 4.93 Å². The lowest BCUT2D eigenvalue weighted by atomic mass is 9.68. The van der Waals surface area contributed by atoms with E-state index in [-0.39, 0.29) is 5.41 Å². The fourth-order valence-corrected chi connectivity index (χ4v) is 4.09. The predicted molar refractivity (Wildman–Crippen MR) is 97.6 cm³/mol. The van der Waals surface area contributed by atoms with Gasteiger partial charge in [0.05, 0.1) is 5.69 Å². The average molecular weight is 301 g/mol. The minimum absolute atomic E-state index is 0.217. The highest BCUT2D eigenvalue weighted by atomic mass is 14.9. The Morgan fingerprint density at radius 1 is 0.957 bits per heavy atom. The van der Waals surface area contributed by atoms with Crippen molar-refractivity contribution in [3.63, 3.8) is 0 Å². The Labute approximate surface area is 138 Å². The van der Waals surface area contributed by atoms with E-state index in [1.807, 2.05) is 0 Å². The van der Waals surface area contributed by atoms with Crippen molar-refractivity contribution in [3.05, 3.63) is 71.9 Å². The first-order chi connectivity index (χ1) is 11.1. The molecule has 4 rings (SSSR count). The molecule has 1 aliphatic carbocycles. The van der Waals surface area contributed by atoms with E-state index in [0.717, 1.165) is 12.8 Å². The molecule has 1 heteroatoms. The summed E-state index contributed by atoms with van der Waals surface area (Å²) in [5.41, 5.74) is 8.72. The van der Waals surface area contributed by atoms with Crippen molar-refractivity contribution in [2.45, 2.75) is 32.1 Å². The molecule has 116 valence electrons. The van der Waals surface area contributed by atoms with Crippen LogP contribution in [0.5, 0.6) is 0 Å². The molecule has 1 nitrogen and oxygen atoms in total. The van der Waals surface area contributed by atoms with E-state index >= 15 is 0 Å². The largest absolute Gasteiger partial charge is 0.350 e. The van der Waals surface area contributed by atoms with Gasteiger partial charge in [0, 0.05) is 24.4 Å². The van der Waals surface area contributed by atoms with Crippen LogP contribution in [-0.4, -0.2) is 4.57 Å². The van der Waals surface area contributed by atoms with Gasteiger partial charge in [0.1, 0.15) is 0 Å². The number of aromatic nitrogens is 1. The lowest BCUT2D eigenvalue weighted by Crippen LogP contribution is -2.28. The van der Waals surface area contributed by atoms with Crippen LogP contribution in [0.25, 0.3) is 22.4 Å². The summed E-state index contributed by atoms with van der Waals surface area (Å²) in [5, 5.41) is 0. The molecule has 0 saturated carbocycles. The number of fused-ring (bicyclic) bond motifs is 3. The highest BCUT2D eigenvalue weighted by Gasteiger charge is 2.36. The van der Waals surface area contributed by atoms with Crippen LogP contribution < -0.4 is 0 Å². The van der Waals surface area contributed by atoms with Gasteiger partial charge in [-0.1, -0.05) is 68.4 Å². The molecule has 2 aromatic carbocycles. The summed E-state index contributed by atoms with van der Waals surface area (Å²) in [4.78, 5) is 0. The SMILES string of the molecule is CCC1(C)Cc2c(-c3ccccc3)cn(C)c2-c2ccccc21. The van der Waals surface area contributed by atoms with Gasteiger partial charge in [-0.05, 0) is 34.9 Å². The molecule has 23 heavy (non-hydrogen) atoms. The fourth-order valence-electron chi connectivity index (χ4n) is 4.09. The summed E-state index contributed by atoms with van der Waals surface area (Å²) in [6.45, 7) is 4.73. The third kappa shape index (κ3) is 2.07. The Morgan fingerprint density at radius 3 is 2.39 bits per heavy atom. The molecular weight excluding hydrogens is 278 g/mol. The van der Waals surface area contributed by atoms with Gasteiger partial charge in [0.2, 0.25) is 0 Å². The second-order valence-corrected chi connectivity index (χ2v) is 6.98. The van der Waals surface area contributed by atoms with Crippen molar-refractivity contribution < 1.29 is 0 Å². The van der Waals surface area contributed by atoms with Crippen LogP contribution in [0.2, 0.25) is 0 Å². The Balaban J connectivity index is 2.01. The van der Waals surface area contributed by atoms with Gasteiger partial charge in [-0.25, -0.2) is 0 Å². The van der Waals surface area contributed by atoms with Crippen LogP contribution in [0, 0.1) is 0 Å². The molecular formula is C22H23N. The summed E-state index contributed by atoms with van der Waals surface area (Å²) >= 11 is 0. The number of aryl methyl sites for hydroxylation is 1. The molecule has 1 heterocycles. The van der Waals surface area contributed by atoms with Gasteiger partial charge in [-0.2, -0.15) is 0 Å². The molecule has 0 N–H and O–H groups in total. The highest BCUT2D eigenvalue weighted by molar-refractivity contribution is 5.82. The van der Waals surface area contributed by atoms with Gasteiger partial charge in [0.25, 0.3) is 0 Å². The van der Waals surface area contributed by atoms with Gasteiger partial charge in [0.15, 0.2) is 0 Å². The Hall–Kier alpha value is -2.28. The summed E-state index contributed by atoms with van der Waals surface area (Å²) in [6.07, 6.45) is 4.58. The van der Waals surface area contributed by atoms with E-state index in [2.05, 4.69) is 86.3 Å². The van der Waals surface area contributed by atoms with Crippen molar-refractivity contribution in [1.29, 1.82) is 0 Å². The van der Waals surface area contributed by atoms with Gasteiger partial charge in [-0.15, -0.1) is 0 Å². The van der Waals surface area contributed by atoms with Gasteiger partial charge >= 0.3 is 0 Å². The number of rotatable bonds is 2. The molecule has 3 aromatic rings. The summed E-state index contributed by atoms with van der Waals surface area (Å²) in [5.74, 6) is 0. The van der Waals surface area contributed by atoms with Crippen LogP contribution >= 0.6 is 0 Å². The van der Waals surface area contributed by atoms with Crippen molar-refractivity contribution in [3.8, 4) is 22.4 Å². The van der Waals surface area contributed by atoms with Crippen molar-refractivity contribution in [2.24, 2.45) is 7.05 Å². The molecule has 1 unspecified atom stereocenters. The summed E-state index contributed by atoms with van der Waals surface area (Å²) in [7, 11) is 2.18. The summed E-state index contributed by atoms with van der Waals surface area (Å²) < 4.78 is 2.31. The standard InChI is InChI=1S/C22H23N/c1-4-22(2)14-18-19(16-10-6-5-7-11-16)15-23(3)21(18)17-12-8-9-13-20(17)22/h5-13,15H,4,14H2,1-3H3. The van der Waals surface area contributed by atoms with Crippen molar-refractivity contribution in [1.82, 2.24) is 4.57 Å². The molecule has 0 radical (unpaired) electrons. The van der Waals surface area contributed by atoms with E-state index < -0.39 is 0 Å². The second kappa shape index (κ2) is 5.13. The second-order valence-electron chi connectivity index (χ2n) is 6.98. The Kier molecular flexibility index (Phi) is 3.19. The van der Waals surface area contributed by atoms with E-state index in [1.165, 1.54) is 33.5 Å². The smallest absolute Gasteiger partial charge is 0.0519 e. The molecule has 0 aliphatic heterocycles. The van der Waals surface area contributed by atoms with Crippen LogP contribution in [0.15, 0.2) is 60.8 Å². The van der Waals surface area contributed by atoms with Crippen molar-refractivity contribution in [2.75, 3.05) is 0 Å². The Bertz CT molecular complexity index is 857. The third-order valence-electron chi connectivity index (χ3n) is 5.55. The number of nitrogens with zero attached hydrogens (tertiary/aromatic N) is 1. The summed E-state index contributed by atoms with van der Waals surface area (Å²) in [6, 6.07) is 19.7. The zero-order valence-electron chi connectivity index (χ0n) is 14.1. The number of hydrogen-bond acceptors (Lipinski definition) is 0. The van der Waals surface area contributed by atoms with E-state index in [4.69, 9.17) is 0 Å². The number of hydrogen-bond donors (Lipinski definition) is 0. The van der Waals surface area contributed by atoms with Crippen molar-refractivity contribution >= 4 is 0 Å². The van der Waals surface area contributed by atoms with Gasteiger partial charge < -0.3 is 4.57 Å². The zero-order valence-corrected chi connectivity index (χ0v) is 14.1. The van der Waals surface area contributed by atoms with E-state index in [1.54, 1.807) is 0 Å². The molecule has 1 aliphatic rings. The van der Waals surface area contributed by atoms with Gasteiger partial charge in [-0.3, -0.25) is 0 Å². The lowest BCUT2D eigenvalue weighted by Gasteiger charge is -2.36. The normalized spacial score (nSPS) is 19.3. The molecule has 0 saturated heterocycles. The average Bonchev–Trinajstić information content (AvgIpc) is 2.92.